The molecule has 164 valence electrons. The van der Waals surface area contributed by atoms with Crippen molar-refractivity contribution in [3.63, 3.8) is 0 Å². The van der Waals surface area contributed by atoms with Crippen LogP contribution in [0.5, 0.6) is 0 Å². The van der Waals surface area contributed by atoms with Crippen LogP contribution in [0.15, 0.2) is 60.7 Å². The highest BCUT2D eigenvalue weighted by Crippen LogP contribution is 2.30. The molecule has 2 aromatic carbocycles. The molecule has 0 bridgehead atoms. The van der Waals surface area contributed by atoms with Crippen molar-refractivity contribution < 1.29 is 18.4 Å². The summed E-state index contributed by atoms with van der Waals surface area (Å²) in [6, 6.07) is 17.6. The van der Waals surface area contributed by atoms with Crippen LogP contribution >= 0.6 is 0 Å². The van der Waals surface area contributed by atoms with Gasteiger partial charge in [0.15, 0.2) is 0 Å². The van der Waals surface area contributed by atoms with Crippen LogP contribution in [0.3, 0.4) is 0 Å². The van der Waals surface area contributed by atoms with E-state index in [1.807, 2.05) is 30.3 Å². The largest absolute Gasteiger partial charge is 0.289 e. The molecule has 1 saturated heterocycles. The molecule has 1 amide bonds. The first-order valence-electron chi connectivity index (χ1n) is 10.6. The zero-order chi connectivity index (χ0) is 21.8. The number of carbonyl (C=O) groups is 1. The minimum atomic E-state index is -3.80. The third-order valence-corrected chi connectivity index (χ3v) is 8.02. The number of rotatable bonds is 5. The fourth-order valence-electron chi connectivity index (χ4n) is 4.32. The second kappa shape index (κ2) is 9.32. The Balaban J connectivity index is 1.52. The molecule has 1 fully saturated rings. The second-order valence-corrected chi connectivity index (χ2v) is 9.77. The van der Waals surface area contributed by atoms with E-state index in [2.05, 4.69) is 30.3 Å². The Hall–Kier alpha value is -2.52. The van der Waals surface area contributed by atoms with E-state index >= 15 is 0 Å². The molecule has 0 saturated carbocycles. The highest BCUT2D eigenvalue weighted by Gasteiger charge is 2.40. The standard InChI is InChI=1S/C23H27N3O4S/c27-23(24-28)22-11-4-5-14-26(22)31(29,30)25-15-12-19(13-16-25)21-10-6-9-20(17-21)18-7-2-1-3-8-18/h1-3,6-10,12,17,22,28H,4-5,11,13-16H2,(H,24,27)/t22-/m1/s1. The Morgan fingerprint density at radius 1 is 0.968 bits per heavy atom. The smallest absolute Gasteiger partial charge is 0.283 e. The maximum Gasteiger partial charge on any atom is 0.283 e. The molecule has 2 heterocycles. The number of nitrogens with zero attached hydrogens (tertiary/aromatic N) is 2. The minimum absolute atomic E-state index is 0.261. The summed E-state index contributed by atoms with van der Waals surface area (Å²) in [4.78, 5) is 12.0. The minimum Gasteiger partial charge on any atom is -0.289 e. The zero-order valence-corrected chi connectivity index (χ0v) is 18.1. The number of amides is 1. The van der Waals surface area contributed by atoms with Crippen LogP contribution in [-0.2, 0) is 15.0 Å². The van der Waals surface area contributed by atoms with E-state index in [1.54, 1.807) is 5.48 Å². The van der Waals surface area contributed by atoms with Gasteiger partial charge in [0.1, 0.15) is 6.04 Å². The third-order valence-electron chi connectivity index (χ3n) is 6.00. The molecule has 31 heavy (non-hydrogen) atoms. The molecule has 4 rings (SSSR count). The molecule has 0 unspecified atom stereocenters. The molecule has 0 aromatic heterocycles. The number of hydroxylamine groups is 1. The van der Waals surface area contributed by atoms with E-state index in [4.69, 9.17) is 5.21 Å². The summed E-state index contributed by atoms with van der Waals surface area (Å²) >= 11 is 0. The lowest BCUT2D eigenvalue weighted by molar-refractivity contribution is -0.134. The normalized spacial score (nSPS) is 20.8. The monoisotopic (exact) mass is 441 g/mol. The van der Waals surface area contributed by atoms with Crippen LogP contribution < -0.4 is 5.48 Å². The third kappa shape index (κ3) is 4.57. The average Bonchev–Trinajstić information content (AvgIpc) is 2.84. The summed E-state index contributed by atoms with van der Waals surface area (Å²) in [5.74, 6) is -0.672. The number of benzene rings is 2. The summed E-state index contributed by atoms with van der Waals surface area (Å²) in [7, 11) is -3.80. The fraction of sp³-hybridized carbons (Fsp3) is 0.348. The number of nitrogens with one attached hydrogen (secondary N) is 1. The lowest BCUT2D eigenvalue weighted by Crippen LogP contribution is -2.56. The van der Waals surface area contributed by atoms with E-state index in [1.165, 1.54) is 8.61 Å². The predicted octanol–water partition coefficient (Wildman–Crippen LogP) is 3.05. The fourth-order valence-corrected chi connectivity index (χ4v) is 6.08. The van der Waals surface area contributed by atoms with Crippen LogP contribution in [-0.4, -0.2) is 53.8 Å². The quantitative estimate of drug-likeness (QED) is 0.551. The van der Waals surface area contributed by atoms with E-state index in [-0.39, 0.29) is 13.1 Å². The molecule has 0 radical (unpaired) electrons. The molecular formula is C23H27N3O4S. The highest BCUT2D eigenvalue weighted by molar-refractivity contribution is 7.86. The van der Waals surface area contributed by atoms with Crippen molar-refractivity contribution in [3.8, 4) is 11.1 Å². The summed E-state index contributed by atoms with van der Waals surface area (Å²) in [5.41, 5.74) is 6.09. The number of hydrogen-bond donors (Lipinski definition) is 2. The lowest BCUT2D eigenvalue weighted by Gasteiger charge is -2.37. The van der Waals surface area contributed by atoms with Crippen molar-refractivity contribution in [1.29, 1.82) is 0 Å². The second-order valence-electron chi connectivity index (χ2n) is 7.89. The van der Waals surface area contributed by atoms with Crippen molar-refractivity contribution in [2.75, 3.05) is 19.6 Å². The first-order chi connectivity index (χ1) is 15.0. The van der Waals surface area contributed by atoms with E-state index in [0.717, 1.165) is 28.7 Å². The Bertz CT molecular complexity index is 1070. The molecular weight excluding hydrogens is 414 g/mol. The predicted molar refractivity (Wildman–Crippen MR) is 119 cm³/mol. The lowest BCUT2D eigenvalue weighted by atomic mass is 9.96. The topological polar surface area (TPSA) is 90.0 Å². The van der Waals surface area contributed by atoms with Gasteiger partial charge in [-0.25, -0.2) is 5.48 Å². The van der Waals surface area contributed by atoms with Gasteiger partial charge in [-0.2, -0.15) is 17.0 Å². The van der Waals surface area contributed by atoms with Gasteiger partial charge >= 0.3 is 0 Å². The van der Waals surface area contributed by atoms with Crippen molar-refractivity contribution in [2.24, 2.45) is 0 Å². The summed E-state index contributed by atoms with van der Waals surface area (Å²) in [5, 5.41) is 9.00. The van der Waals surface area contributed by atoms with Gasteiger partial charge in [-0.3, -0.25) is 10.0 Å². The number of hydrogen-bond acceptors (Lipinski definition) is 4. The zero-order valence-electron chi connectivity index (χ0n) is 17.3. The Labute approximate surface area is 183 Å². The van der Waals surface area contributed by atoms with Gasteiger partial charge in [0.25, 0.3) is 16.1 Å². The van der Waals surface area contributed by atoms with Crippen LogP contribution in [0.25, 0.3) is 16.7 Å². The Kier molecular flexibility index (Phi) is 6.52. The molecule has 2 N–H and O–H groups in total. The van der Waals surface area contributed by atoms with Crippen LogP contribution in [0, 0.1) is 0 Å². The van der Waals surface area contributed by atoms with Gasteiger partial charge in [-0.15, -0.1) is 0 Å². The summed E-state index contributed by atoms with van der Waals surface area (Å²) < 4.78 is 29.1. The van der Waals surface area contributed by atoms with Crippen molar-refractivity contribution >= 4 is 21.7 Å². The van der Waals surface area contributed by atoms with Gasteiger partial charge in [0.05, 0.1) is 0 Å². The van der Waals surface area contributed by atoms with Crippen molar-refractivity contribution in [3.05, 3.63) is 66.2 Å². The Morgan fingerprint density at radius 2 is 1.71 bits per heavy atom. The first-order valence-corrected chi connectivity index (χ1v) is 12.0. The van der Waals surface area contributed by atoms with Gasteiger partial charge in [-0.1, -0.05) is 61.0 Å². The average molecular weight is 442 g/mol. The molecule has 2 aliphatic rings. The van der Waals surface area contributed by atoms with Gasteiger partial charge in [-0.05, 0) is 47.6 Å². The van der Waals surface area contributed by atoms with E-state index in [9.17, 15) is 13.2 Å². The SMILES string of the molecule is O=C(NO)[C@H]1CCCCN1S(=O)(=O)N1CC=C(c2cccc(-c3ccccc3)c2)CC1. The molecule has 1 atom stereocenters. The maximum atomic E-state index is 13.2. The Morgan fingerprint density at radius 3 is 2.42 bits per heavy atom. The maximum absolute atomic E-state index is 13.2. The molecule has 2 aliphatic heterocycles. The molecule has 7 nitrogen and oxygen atoms in total. The molecule has 8 heteroatoms. The first kappa shape index (κ1) is 21.7. The molecule has 0 aliphatic carbocycles. The van der Waals surface area contributed by atoms with E-state index in [0.29, 0.717) is 25.8 Å². The number of piperidine rings is 1. The van der Waals surface area contributed by atoms with Gasteiger partial charge < -0.3 is 0 Å². The summed E-state index contributed by atoms with van der Waals surface area (Å²) in [6.45, 7) is 0.900. The van der Waals surface area contributed by atoms with Gasteiger partial charge in [0.2, 0.25) is 0 Å². The molecule has 0 spiro atoms. The number of carbonyl (C=O) groups excluding carboxylic acids is 1. The van der Waals surface area contributed by atoms with Crippen molar-refractivity contribution in [2.45, 2.75) is 31.7 Å². The summed E-state index contributed by atoms with van der Waals surface area (Å²) in [6.07, 6.45) is 4.42. The van der Waals surface area contributed by atoms with Crippen molar-refractivity contribution in [1.82, 2.24) is 14.1 Å². The van der Waals surface area contributed by atoms with E-state index < -0.39 is 22.2 Å². The van der Waals surface area contributed by atoms with Crippen LogP contribution in [0.1, 0.15) is 31.2 Å². The van der Waals surface area contributed by atoms with Crippen LogP contribution in [0.2, 0.25) is 0 Å². The molecule has 2 aromatic rings. The van der Waals surface area contributed by atoms with Gasteiger partial charge in [0, 0.05) is 19.6 Å². The van der Waals surface area contributed by atoms with Crippen LogP contribution in [0.4, 0.5) is 0 Å². The highest BCUT2D eigenvalue weighted by atomic mass is 32.2.